The van der Waals surface area contributed by atoms with Crippen LogP contribution in [0, 0.1) is 0 Å². The van der Waals surface area contributed by atoms with E-state index < -0.39 is 5.41 Å². The number of carbonyl (C=O) groups excluding carboxylic acids is 2. The number of nitrogens with one attached hydrogen (secondary N) is 2. The van der Waals surface area contributed by atoms with Gasteiger partial charge < -0.3 is 20.1 Å². The normalized spacial score (nSPS) is 16.9. The highest BCUT2D eigenvalue weighted by molar-refractivity contribution is 6.06. The third-order valence-corrected chi connectivity index (χ3v) is 6.61. The van der Waals surface area contributed by atoms with Crippen molar-refractivity contribution in [2.24, 2.45) is 0 Å². The van der Waals surface area contributed by atoms with Crippen LogP contribution in [0.2, 0.25) is 0 Å². The lowest BCUT2D eigenvalue weighted by Gasteiger charge is -2.38. The van der Waals surface area contributed by atoms with E-state index in [9.17, 15) is 9.59 Å². The second-order valence-corrected chi connectivity index (χ2v) is 8.37. The zero-order valence-corrected chi connectivity index (χ0v) is 18.4. The SMILES string of the molecule is CCCNC(=O)c1nc2c(N3CCC4(CC3)C(=O)Nc3ccccc34)ncnc2n1CC. The number of rotatable bonds is 5. The molecule has 3 aromatic rings. The maximum atomic E-state index is 12.9. The Kier molecular flexibility index (Phi) is 5.03. The van der Waals surface area contributed by atoms with Crippen LogP contribution in [0.15, 0.2) is 30.6 Å². The molecule has 1 fully saturated rings. The van der Waals surface area contributed by atoms with Crippen molar-refractivity contribution in [3.63, 3.8) is 0 Å². The van der Waals surface area contributed by atoms with Crippen LogP contribution >= 0.6 is 0 Å². The highest BCUT2D eigenvalue weighted by Gasteiger charge is 2.48. The van der Waals surface area contributed by atoms with Crippen molar-refractivity contribution >= 4 is 34.5 Å². The average Bonchev–Trinajstić information content (AvgIpc) is 3.33. The smallest absolute Gasteiger partial charge is 0.287 e. The molecule has 0 atom stereocenters. The van der Waals surface area contributed by atoms with Crippen molar-refractivity contribution in [1.29, 1.82) is 0 Å². The van der Waals surface area contributed by atoms with Gasteiger partial charge in [0.1, 0.15) is 6.33 Å². The van der Waals surface area contributed by atoms with Crippen LogP contribution in [-0.2, 0) is 16.8 Å². The van der Waals surface area contributed by atoms with Gasteiger partial charge in [-0.05, 0) is 37.8 Å². The van der Waals surface area contributed by atoms with Crippen LogP contribution in [0.1, 0.15) is 49.3 Å². The first-order valence-electron chi connectivity index (χ1n) is 11.2. The Morgan fingerprint density at radius 2 is 1.97 bits per heavy atom. The molecule has 9 nitrogen and oxygen atoms in total. The lowest BCUT2D eigenvalue weighted by molar-refractivity contribution is -0.121. The quantitative estimate of drug-likeness (QED) is 0.641. The fraction of sp³-hybridized carbons (Fsp3) is 0.435. The molecule has 0 aliphatic carbocycles. The Labute approximate surface area is 186 Å². The summed E-state index contributed by atoms with van der Waals surface area (Å²) in [6, 6.07) is 7.95. The van der Waals surface area contributed by atoms with Crippen LogP contribution in [-0.4, -0.2) is 51.0 Å². The van der Waals surface area contributed by atoms with Crippen molar-refractivity contribution in [2.45, 2.75) is 45.1 Å². The number of aryl methyl sites for hydroxylation is 1. The van der Waals surface area contributed by atoms with Gasteiger partial charge in [-0.25, -0.2) is 15.0 Å². The number of aromatic nitrogens is 4. The first-order valence-corrected chi connectivity index (χ1v) is 11.2. The minimum absolute atomic E-state index is 0.0799. The summed E-state index contributed by atoms with van der Waals surface area (Å²) >= 11 is 0. The molecule has 1 aromatic carbocycles. The average molecular weight is 434 g/mol. The lowest BCUT2D eigenvalue weighted by Crippen LogP contribution is -2.46. The fourth-order valence-corrected chi connectivity index (χ4v) is 4.92. The maximum absolute atomic E-state index is 12.9. The molecule has 2 aliphatic heterocycles. The van der Waals surface area contributed by atoms with E-state index in [0.717, 1.165) is 17.7 Å². The minimum atomic E-state index is -0.493. The van der Waals surface area contributed by atoms with Gasteiger partial charge in [0, 0.05) is 31.9 Å². The van der Waals surface area contributed by atoms with E-state index in [1.165, 1.54) is 6.33 Å². The molecular formula is C23H27N7O2. The third-order valence-electron chi connectivity index (χ3n) is 6.61. The number of fused-ring (bicyclic) bond motifs is 3. The van der Waals surface area contributed by atoms with Crippen molar-refractivity contribution in [3.05, 3.63) is 42.0 Å². The Bertz CT molecular complexity index is 1190. The number of hydrogen-bond acceptors (Lipinski definition) is 6. The predicted molar refractivity (Wildman–Crippen MR) is 122 cm³/mol. The van der Waals surface area contributed by atoms with Crippen LogP contribution in [0.5, 0.6) is 0 Å². The maximum Gasteiger partial charge on any atom is 0.287 e. The van der Waals surface area contributed by atoms with Gasteiger partial charge in [0.15, 0.2) is 17.0 Å². The molecule has 0 bridgehead atoms. The molecule has 5 rings (SSSR count). The molecule has 1 saturated heterocycles. The molecule has 2 aromatic heterocycles. The van der Waals surface area contributed by atoms with E-state index >= 15 is 0 Å². The monoisotopic (exact) mass is 433 g/mol. The number of benzene rings is 1. The number of nitrogens with zero attached hydrogens (tertiary/aromatic N) is 5. The van der Waals surface area contributed by atoms with Crippen molar-refractivity contribution < 1.29 is 9.59 Å². The summed E-state index contributed by atoms with van der Waals surface area (Å²) in [6.07, 6.45) is 3.77. The summed E-state index contributed by atoms with van der Waals surface area (Å²) in [5.41, 5.74) is 2.79. The Balaban J connectivity index is 1.46. The first-order chi connectivity index (χ1) is 15.6. The van der Waals surface area contributed by atoms with Gasteiger partial charge in [0.05, 0.1) is 5.41 Å². The number of imidazole rings is 1. The van der Waals surface area contributed by atoms with Crippen LogP contribution in [0.25, 0.3) is 11.2 Å². The fourth-order valence-electron chi connectivity index (χ4n) is 4.92. The zero-order valence-electron chi connectivity index (χ0n) is 18.4. The van der Waals surface area contributed by atoms with E-state index in [-0.39, 0.29) is 11.8 Å². The highest BCUT2D eigenvalue weighted by atomic mass is 16.2. The van der Waals surface area contributed by atoms with Crippen molar-refractivity contribution in [2.75, 3.05) is 29.9 Å². The largest absolute Gasteiger partial charge is 0.355 e. The summed E-state index contributed by atoms with van der Waals surface area (Å²) in [4.78, 5) is 41.3. The van der Waals surface area contributed by atoms with E-state index in [0.29, 0.717) is 61.8 Å². The molecule has 32 heavy (non-hydrogen) atoms. The van der Waals surface area contributed by atoms with Gasteiger partial charge in [-0.2, -0.15) is 0 Å². The lowest BCUT2D eigenvalue weighted by atomic mass is 9.73. The van der Waals surface area contributed by atoms with E-state index in [1.54, 1.807) is 0 Å². The minimum Gasteiger partial charge on any atom is -0.355 e. The Morgan fingerprint density at radius 3 is 2.72 bits per heavy atom. The molecule has 4 heterocycles. The number of piperidine rings is 1. The van der Waals surface area contributed by atoms with E-state index in [2.05, 4.69) is 36.6 Å². The van der Waals surface area contributed by atoms with Gasteiger partial charge >= 0.3 is 0 Å². The third kappa shape index (κ3) is 3.03. The van der Waals surface area contributed by atoms with E-state index in [1.807, 2.05) is 36.6 Å². The summed E-state index contributed by atoms with van der Waals surface area (Å²) < 4.78 is 1.83. The van der Waals surface area contributed by atoms with Gasteiger partial charge in [0.2, 0.25) is 11.7 Å². The molecule has 1 spiro atoms. The van der Waals surface area contributed by atoms with Crippen molar-refractivity contribution in [3.8, 4) is 0 Å². The Hall–Kier alpha value is -3.49. The molecule has 2 aliphatic rings. The van der Waals surface area contributed by atoms with Gasteiger partial charge in [-0.15, -0.1) is 0 Å². The molecule has 0 saturated carbocycles. The molecule has 0 unspecified atom stereocenters. The second-order valence-electron chi connectivity index (χ2n) is 8.37. The Morgan fingerprint density at radius 1 is 1.19 bits per heavy atom. The topological polar surface area (TPSA) is 105 Å². The molecule has 166 valence electrons. The molecule has 0 radical (unpaired) electrons. The standard InChI is InChI=1S/C23H27N7O2/c1-3-11-24-21(31)20-28-17-18(25-14-26-19(17)30(20)4-2)29-12-9-23(10-13-29)15-7-5-6-8-16(15)27-22(23)32/h5-8,14H,3-4,9-13H2,1-2H3,(H,24,31)(H,27,32). The second kappa shape index (κ2) is 7.89. The zero-order chi connectivity index (χ0) is 22.3. The van der Waals surface area contributed by atoms with E-state index in [4.69, 9.17) is 0 Å². The summed E-state index contributed by atoms with van der Waals surface area (Å²) in [7, 11) is 0. The number of hydrogen-bond donors (Lipinski definition) is 2. The summed E-state index contributed by atoms with van der Waals surface area (Å²) in [6.45, 7) is 6.51. The molecular weight excluding hydrogens is 406 g/mol. The van der Waals surface area contributed by atoms with Gasteiger partial charge in [0.25, 0.3) is 5.91 Å². The number of para-hydroxylation sites is 1. The summed E-state index contributed by atoms with van der Waals surface area (Å²) in [5.74, 6) is 0.953. The van der Waals surface area contributed by atoms with Crippen molar-refractivity contribution in [1.82, 2.24) is 24.8 Å². The molecule has 2 amide bonds. The highest BCUT2D eigenvalue weighted by Crippen LogP contribution is 2.45. The first kappa shape index (κ1) is 20.4. The number of carbonyl (C=O) groups is 2. The molecule has 9 heteroatoms. The number of amides is 2. The van der Waals surface area contributed by atoms with Gasteiger partial charge in [-0.3, -0.25) is 9.59 Å². The predicted octanol–water partition coefficient (Wildman–Crippen LogP) is 2.48. The van der Waals surface area contributed by atoms with Gasteiger partial charge in [-0.1, -0.05) is 25.1 Å². The molecule has 2 N–H and O–H groups in total. The number of anilines is 2. The van der Waals surface area contributed by atoms with Crippen LogP contribution < -0.4 is 15.5 Å². The van der Waals surface area contributed by atoms with Crippen LogP contribution in [0.3, 0.4) is 0 Å². The summed E-state index contributed by atoms with van der Waals surface area (Å²) in [5, 5.41) is 5.95. The van der Waals surface area contributed by atoms with Crippen LogP contribution in [0.4, 0.5) is 11.5 Å².